The second-order valence-corrected chi connectivity index (χ2v) is 5.59. The fourth-order valence-corrected chi connectivity index (χ4v) is 2.13. The maximum Gasteiger partial charge on any atom is 0.312 e. The summed E-state index contributed by atoms with van der Waals surface area (Å²) in [6.45, 7) is -1.16. The van der Waals surface area contributed by atoms with Gasteiger partial charge in [0.15, 0.2) is 12.4 Å². The Kier molecular flexibility index (Phi) is 7.28. The Morgan fingerprint density at radius 1 is 1.14 bits per heavy atom. The van der Waals surface area contributed by atoms with Crippen LogP contribution in [0.4, 0.5) is 5.69 Å². The number of carbonyl (C=O) groups is 2. The smallest absolute Gasteiger partial charge is 0.312 e. The fourth-order valence-electron chi connectivity index (χ4n) is 1.96. The van der Waals surface area contributed by atoms with E-state index in [1.54, 1.807) is 18.2 Å². The Hall–Kier alpha value is -3.66. The number of nitrogens with one attached hydrogen (secondary N) is 1. The van der Waals surface area contributed by atoms with E-state index in [9.17, 15) is 24.8 Å². The summed E-state index contributed by atoms with van der Waals surface area (Å²) in [5, 5.41) is 25.3. The van der Waals surface area contributed by atoms with E-state index >= 15 is 0 Å². The lowest BCUT2D eigenvalue weighted by atomic mass is 10.2. The number of carbonyl (C=O) groups excluding carboxylic acids is 2. The standard InChI is InChI=1S/C17H14ClN3O7/c18-12-5-6-15(13(7-12)21(25)26)27-9-16(22)20-19-8-11-3-1-2-4-14(11)28-10-17(23)24/h1-8H,9-10H2,(H,20,22)(H,23,24)/p-1/b19-8-. The number of amides is 1. The normalized spacial score (nSPS) is 10.5. The van der Waals surface area contributed by atoms with Crippen LogP contribution in [0.15, 0.2) is 47.6 Å². The van der Waals surface area contributed by atoms with E-state index in [4.69, 9.17) is 21.1 Å². The molecule has 0 bridgehead atoms. The van der Waals surface area contributed by atoms with E-state index in [1.165, 1.54) is 24.4 Å². The third kappa shape index (κ3) is 6.25. The van der Waals surface area contributed by atoms with Crippen LogP contribution in [-0.4, -0.2) is 36.2 Å². The number of carboxylic acids is 1. The third-order valence-electron chi connectivity index (χ3n) is 3.13. The first kappa shape index (κ1) is 20.6. The van der Waals surface area contributed by atoms with Crippen molar-refractivity contribution in [2.24, 2.45) is 5.10 Å². The van der Waals surface area contributed by atoms with Crippen LogP contribution in [-0.2, 0) is 9.59 Å². The quantitative estimate of drug-likeness (QED) is 0.370. The van der Waals surface area contributed by atoms with Crippen LogP contribution < -0.4 is 20.0 Å². The van der Waals surface area contributed by atoms with Gasteiger partial charge in [0.2, 0.25) is 0 Å². The number of halogens is 1. The number of hydrazone groups is 1. The molecule has 0 aromatic heterocycles. The summed E-state index contributed by atoms with van der Waals surface area (Å²) in [7, 11) is 0. The molecule has 11 heteroatoms. The lowest BCUT2D eigenvalue weighted by molar-refractivity contribution is -0.385. The molecule has 1 N–H and O–H groups in total. The van der Waals surface area contributed by atoms with Crippen LogP contribution in [0.5, 0.6) is 11.5 Å². The molecule has 1 amide bonds. The molecule has 0 aliphatic heterocycles. The first-order valence-corrected chi connectivity index (χ1v) is 8.05. The van der Waals surface area contributed by atoms with Crippen LogP contribution in [0.25, 0.3) is 0 Å². The molecule has 10 nitrogen and oxygen atoms in total. The van der Waals surface area contributed by atoms with Gasteiger partial charge in [-0.2, -0.15) is 5.10 Å². The second kappa shape index (κ2) is 9.88. The van der Waals surface area contributed by atoms with Crippen molar-refractivity contribution in [2.75, 3.05) is 13.2 Å². The van der Waals surface area contributed by atoms with Gasteiger partial charge in [0, 0.05) is 16.7 Å². The van der Waals surface area contributed by atoms with E-state index in [1.807, 2.05) is 0 Å². The van der Waals surface area contributed by atoms with Crippen LogP contribution in [0.3, 0.4) is 0 Å². The van der Waals surface area contributed by atoms with E-state index < -0.39 is 30.0 Å². The summed E-state index contributed by atoms with van der Waals surface area (Å²) in [5.41, 5.74) is 2.22. The van der Waals surface area contributed by atoms with Gasteiger partial charge >= 0.3 is 5.69 Å². The number of hydrogen-bond acceptors (Lipinski definition) is 8. The van der Waals surface area contributed by atoms with Gasteiger partial charge in [-0.3, -0.25) is 14.9 Å². The number of benzene rings is 2. The van der Waals surface area contributed by atoms with Crippen molar-refractivity contribution in [2.45, 2.75) is 0 Å². The summed E-state index contributed by atoms with van der Waals surface area (Å²) >= 11 is 5.70. The van der Waals surface area contributed by atoms with Crippen LogP contribution >= 0.6 is 11.6 Å². The molecule has 0 atom stereocenters. The maximum atomic E-state index is 11.8. The zero-order valence-electron chi connectivity index (χ0n) is 14.2. The number of carboxylic acid groups (broad SMARTS) is 1. The highest BCUT2D eigenvalue weighted by molar-refractivity contribution is 6.30. The minimum atomic E-state index is -1.38. The molecule has 0 heterocycles. The molecule has 2 aromatic rings. The molecule has 0 spiro atoms. The number of nitro benzene ring substituents is 1. The largest absolute Gasteiger partial charge is 0.546 e. The van der Waals surface area contributed by atoms with Crippen molar-refractivity contribution >= 4 is 35.4 Å². The molecule has 0 aliphatic rings. The minimum Gasteiger partial charge on any atom is -0.546 e. The van der Waals surface area contributed by atoms with Gasteiger partial charge in [-0.05, 0) is 24.3 Å². The average Bonchev–Trinajstić information content (AvgIpc) is 2.66. The average molecular weight is 407 g/mol. The highest BCUT2D eigenvalue weighted by Crippen LogP contribution is 2.29. The fraction of sp³-hybridized carbons (Fsp3) is 0.118. The number of hydrogen-bond donors (Lipinski definition) is 1. The number of ether oxygens (including phenoxy) is 2. The molecule has 0 saturated heterocycles. The molecular weight excluding hydrogens is 394 g/mol. The number of nitrogens with zero attached hydrogens (tertiary/aromatic N) is 2. The van der Waals surface area contributed by atoms with Gasteiger partial charge in [0.1, 0.15) is 12.4 Å². The van der Waals surface area contributed by atoms with Crippen molar-refractivity contribution in [3.63, 3.8) is 0 Å². The summed E-state index contributed by atoms with van der Waals surface area (Å²) in [6.07, 6.45) is 1.24. The second-order valence-electron chi connectivity index (χ2n) is 5.15. The summed E-state index contributed by atoms with van der Waals surface area (Å²) in [5.74, 6) is -1.94. The zero-order chi connectivity index (χ0) is 20.5. The van der Waals surface area contributed by atoms with Gasteiger partial charge < -0.3 is 19.4 Å². The monoisotopic (exact) mass is 406 g/mol. The van der Waals surface area contributed by atoms with Gasteiger partial charge in [-0.25, -0.2) is 5.43 Å². The van der Waals surface area contributed by atoms with Crippen molar-refractivity contribution in [3.8, 4) is 11.5 Å². The number of rotatable bonds is 9. The molecule has 0 unspecified atom stereocenters. The molecule has 0 radical (unpaired) electrons. The van der Waals surface area contributed by atoms with Gasteiger partial charge in [-0.1, -0.05) is 23.7 Å². The van der Waals surface area contributed by atoms with Crippen molar-refractivity contribution in [1.29, 1.82) is 0 Å². The van der Waals surface area contributed by atoms with E-state index in [2.05, 4.69) is 10.5 Å². The predicted octanol–water partition coefficient (Wildman–Crippen LogP) is 0.906. The Morgan fingerprint density at radius 2 is 1.86 bits per heavy atom. The molecule has 2 rings (SSSR count). The maximum absolute atomic E-state index is 11.8. The highest BCUT2D eigenvalue weighted by Gasteiger charge is 2.16. The highest BCUT2D eigenvalue weighted by atomic mass is 35.5. The lowest BCUT2D eigenvalue weighted by Gasteiger charge is -2.09. The number of para-hydroxylation sites is 1. The van der Waals surface area contributed by atoms with E-state index in [0.717, 1.165) is 6.07 Å². The first-order valence-electron chi connectivity index (χ1n) is 7.67. The number of aliphatic carboxylic acids is 1. The van der Waals surface area contributed by atoms with E-state index in [-0.39, 0.29) is 22.2 Å². The van der Waals surface area contributed by atoms with Crippen LogP contribution in [0.1, 0.15) is 5.56 Å². The minimum absolute atomic E-state index is 0.116. The summed E-state index contributed by atoms with van der Waals surface area (Å²) < 4.78 is 10.2. The third-order valence-corrected chi connectivity index (χ3v) is 3.37. The van der Waals surface area contributed by atoms with Crippen molar-refractivity contribution in [3.05, 3.63) is 63.2 Å². The first-order chi connectivity index (χ1) is 13.4. The Morgan fingerprint density at radius 3 is 2.57 bits per heavy atom. The van der Waals surface area contributed by atoms with Crippen LogP contribution in [0, 0.1) is 10.1 Å². The lowest BCUT2D eigenvalue weighted by Crippen LogP contribution is -2.29. The molecule has 146 valence electrons. The summed E-state index contributed by atoms with van der Waals surface area (Å²) in [4.78, 5) is 32.5. The molecule has 2 aromatic carbocycles. The Bertz CT molecular complexity index is 917. The SMILES string of the molecule is O=C([O-])COc1ccccc1/C=N\NC(=O)COc1ccc(Cl)cc1[N+](=O)[O-]. The summed E-state index contributed by atoms with van der Waals surface area (Å²) in [6, 6.07) is 10.2. The van der Waals surface area contributed by atoms with Crippen molar-refractivity contribution < 1.29 is 29.1 Å². The molecule has 0 aliphatic carbocycles. The van der Waals surface area contributed by atoms with Crippen molar-refractivity contribution in [1.82, 2.24) is 5.43 Å². The zero-order valence-corrected chi connectivity index (χ0v) is 14.9. The van der Waals surface area contributed by atoms with E-state index in [0.29, 0.717) is 5.56 Å². The number of nitro groups is 1. The molecule has 0 saturated carbocycles. The Labute approximate surface area is 163 Å². The Balaban J connectivity index is 1.93. The van der Waals surface area contributed by atoms with Gasteiger partial charge in [0.25, 0.3) is 5.91 Å². The topological polar surface area (TPSA) is 143 Å². The predicted molar refractivity (Wildman–Crippen MR) is 96.3 cm³/mol. The molecule has 28 heavy (non-hydrogen) atoms. The molecule has 0 fully saturated rings. The molecular formula is C17H13ClN3O7-. The van der Waals surface area contributed by atoms with Gasteiger partial charge in [0.05, 0.1) is 17.1 Å². The van der Waals surface area contributed by atoms with Gasteiger partial charge in [-0.15, -0.1) is 0 Å². The van der Waals surface area contributed by atoms with Crippen LogP contribution in [0.2, 0.25) is 5.02 Å².